The van der Waals surface area contributed by atoms with Crippen LogP contribution in [0.4, 0.5) is 13.2 Å². The number of pyridine rings is 1. The van der Waals surface area contributed by atoms with Gasteiger partial charge in [0.25, 0.3) is 0 Å². The number of benzene rings is 1. The van der Waals surface area contributed by atoms with Gasteiger partial charge in [-0.3, -0.25) is 9.88 Å². The van der Waals surface area contributed by atoms with Crippen molar-refractivity contribution in [1.82, 2.24) is 9.88 Å². The van der Waals surface area contributed by atoms with E-state index in [9.17, 15) is 23.4 Å². The maximum absolute atomic E-state index is 13.6. The number of hydrogen-bond acceptors (Lipinski definition) is 7. The zero-order valence-electron chi connectivity index (χ0n) is 22.3. The van der Waals surface area contributed by atoms with Gasteiger partial charge in [0.05, 0.1) is 49.9 Å². The van der Waals surface area contributed by atoms with E-state index in [-0.39, 0.29) is 28.9 Å². The topological polar surface area (TPSA) is 84.3 Å². The van der Waals surface area contributed by atoms with E-state index in [1.807, 2.05) is 18.2 Å². The summed E-state index contributed by atoms with van der Waals surface area (Å²) in [6.07, 6.45) is 5.05. The van der Waals surface area contributed by atoms with Crippen LogP contribution in [0.2, 0.25) is 0 Å². The summed E-state index contributed by atoms with van der Waals surface area (Å²) in [5.41, 5.74) is -3.85. The number of ether oxygens (including phenoxy) is 3. The van der Waals surface area contributed by atoms with Crippen LogP contribution in [0.5, 0.6) is 11.5 Å². The number of alkyl halides is 3. The standard InChI is InChI=1S/C30H33F3N2O5/c1-18-5-3-4-6-21(18)25-22(17-35-11-13-39-14-12-35)27(36)28(37)26-23(38-2)15-34-16-24(26)40-29(25,28)19-7-9-20(10-8-19)30(31,32)33/h3-10,15-16,18,21-22,25,27,36-37H,11-14,17H2,1-2H3/t18?,21?,22-,25-,27-,28+,29+/m1/s1. The van der Waals surface area contributed by atoms with E-state index < -0.39 is 40.9 Å². The summed E-state index contributed by atoms with van der Waals surface area (Å²) in [5, 5.41) is 25.1. The molecule has 2 aliphatic heterocycles. The van der Waals surface area contributed by atoms with Crippen molar-refractivity contribution in [2.75, 3.05) is 40.0 Å². The minimum absolute atomic E-state index is 0.00963. The quantitative estimate of drug-likeness (QED) is 0.576. The van der Waals surface area contributed by atoms with E-state index in [0.717, 1.165) is 12.1 Å². The van der Waals surface area contributed by atoms with Crippen LogP contribution in [-0.4, -0.2) is 66.2 Å². The number of aliphatic hydroxyl groups is 2. The second-order valence-electron chi connectivity index (χ2n) is 11.1. The highest BCUT2D eigenvalue weighted by atomic mass is 19.4. The number of hydrogen-bond donors (Lipinski definition) is 2. The van der Waals surface area contributed by atoms with Crippen molar-refractivity contribution in [3.8, 4) is 11.5 Å². The van der Waals surface area contributed by atoms with Gasteiger partial charge in [-0.2, -0.15) is 13.2 Å². The predicted octanol–water partition coefficient (Wildman–Crippen LogP) is 3.90. The van der Waals surface area contributed by atoms with E-state index in [1.54, 1.807) is 0 Å². The fourth-order valence-electron chi connectivity index (χ4n) is 7.38. The van der Waals surface area contributed by atoms with E-state index >= 15 is 0 Å². The van der Waals surface area contributed by atoms with Gasteiger partial charge in [-0.05, 0) is 29.5 Å². The Morgan fingerprint density at radius 3 is 2.45 bits per heavy atom. The van der Waals surface area contributed by atoms with Crippen LogP contribution >= 0.6 is 0 Å². The third-order valence-corrected chi connectivity index (χ3v) is 9.17. The lowest BCUT2D eigenvalue weighted by atomic mass is 9.65. The van der Waals surface area contributed by atoms with Crippen molar-refractivity contribution in [2.45, 2.75) is 30.4 Å². The van der Waals surface area contributed by atoms with Crippen molar-refractivity contribution in [2.24, 2.45) is 23.7 Å². The van der Waals surface area contributed by atoms with Gasteiger partial charge in [0.1, 0.15) is 11.5 Å². The van der Waals surface area contributed by atoms with Gasteiger partial charge in [0.15, 0.2) is 11.2 Å². The third kappa shape index (κ3) is 3.91. The molecule has 2 aliphatic carbocycles. The molecule has 2 N–H and O–H groups in total. The SMILES string of the molecule is COc1cncc2c1[C@]1(O)[C@H](O)[C@H](CN3CCOCC3)[C@@H](C3C=CC=CC3C)[C@]1(c1ccc(C(F)(F)F)cc1)O2. The van der Waals surface area contributed by atoms with E-state index in [0.29, 0.717) is 38.4 Å². The summed E-state index contributed by atoms with van der Waals surface area (Å²) in [6.45, 7) is 4.97. The van der Waals surface area contributed by atoms with E-state index in [4.69, 9.17) is 14.2 Å². The number of methoxy groups -OCH3 is 1. The first-order valence-corrected chi connectivity index (χ1v) is 13.6. The normalized spacial score (nSPS) is 35.3. The van der Waals surface area contributed by atoms with Crippen LogP contribution in [-0.2, 0) is 22.1 Å². The molecular weight excluding hydrogens is 525 g/mol. The lowest BCUT2D eigenvalue weighted by Crippen LogP contribution is -2.54. The Balaban J connectivity index is 1.59. The fraction of sp³-hybridized carbons (Fsp3) is 0.500. The highest BCUT2D eigenvalue weighted by molar-refractivity contribution is 5.57. The molecule has 2 unspecified atom stereocenters. The van der Waals surface area contributed by atoms with Gasteiger partial charge in [0.2, 0.25) is 0 Å². The van der Waals surface area contributed by atoms with E-state index in [1.165, 1.54) is 31.6 Å². The number of aromatic nitrogens is 1. The lowest BCUT2D eigenvalue weighted by molar-refractivity contribution is -0.162. The molecule has 10 heteroatoms. The minimum atomic E-state index is -4.53. The number of nitrogens with zero attached hydrogens (tertiary/aromatic N) is 2. The number of rotatable bonds is 5. The van der Waals surface area contributed by atoms with Crippen molar-refractivity contribution in [3.63, 3.8) is 0 Å². The summed E-state index contributed by atoms with van der Waals surface area (Å²) >= 11 is 0. The molecule has 1 saturated heterocycles. The molecule has 1 aromatic carbocycles. The largest absolute Gasteiger partial charge is 0.495 e. The number of fused-ring (bicyclic) bond motifs is 3. The van der Waals surface area contributed by atoms with Gasteiger partial charge in [-0.15, -0.1) is 0 Å². The molecule has 7 nitrogen and oxygen atoms in total. The molecule has 7 atom stereocenters. The molecule has 2 fully saturated rings. The van der Waals surface area contributed by atoms with Gasteiger partial charge in [0, 0.05) is 31.5 Å². The zero-order chi connectivity index (χ0) is 28.3. The van der Waals surface area contributed by atoms with Crippen LogP contribution in [0.3, 0.4) is 0 Å². The molecule has 6 rings (SSSR count). The Morgan fingerprint density at radius 2 is 1.80 bits per heavy atom. The average molecular weight is 559 g/mol. The van der Waals surface area contributed by atoms with Crippen LogP contribution in [0.15, 0.2) is 61.0 Å². The molecule has 3 heterocycles. The molecule has 0 radical (unpaired) electrons. The van der Waals surface area contributed by atoms with Crippen molar-refractivity contribution in [1.29, 1.82) is 0 Å². The molecule has 0 amide bonds. The molecule has 1 aromatic heterocycles. The predicted molar refractivity (Wildman–Crippen MR) is 140 cm³/mol. The summed E-state index contributed by atoms with van der Waals surface area (Å²) in [7, 11) is 1.44. The number of allylic oxidation sites excluding steroid dienone is 4. The van der Waals surface area contributed by atoms with Gasteiger partial charge < -0.3 is 24.4 Å². The molecule has 4 aliphatic rings. The average Bonchev–Trinajstić information content (AvgIpc) is 3.32. The fourth-order valence-corrected chi connectivity index (χ4v) is 7.38. The Bertz CT molecular complexity index is 1310. The van der Waals surface area contributed by atoms with Crippen molar-refractivity contribution >= 4 is 0 Å². The van der Waals surface area contributed by atoms with Crippen molar-refractivity contribution in [3.05, 3.63) is 77.7 Å². The van der Waals surface area contributed by atoms with Crippen molar-refractivity contribution < 1.29 is 37.6 Å². The van der Waals surface area contributed by atoms with Crippen LogP contribution in [0.1, 0.15) is 23.6 Å². The molecule has 214 valence electrons. The van der Waals surface area contributed by atoms with Gasteiger partial charge in [-0.1, -0.05) is 43.4 Å². The van der Waals surface area contributed by atoms with Crippen LogP contribution in [0.25, 0.3) is 0 Å². The summed E-state index contributed by atoms with van der Waals surface area (Å²) in [4.78, 5) is 6.41. The highest BCUT2D eigenvalue weighted by Gasteiger charge is 2.77. The number of morpholine rings is 1. The summed E-state index contributed by atoms with van der Waals surface area (Å²) in [6, 6.07) is 4.74. The molecule has 2 aromatic rings. The first-order valence-electron chi connectivity index (χ1n) is 13.6. The summed E-state index contributed by atoms with van der Waals surface area (Å²) in [5.74, 6) is -0.740. The molecule has 40 heavy (non-hydrogen) atoms. The maximum Gasteiger partial charge on any atom is 0.416 e. The van der Waals surface area contributed by atoms with Gasteiger partial charge >= 0.3 is 6.18 Å². The second kappa shape index (κ2) is 9.87. The zero-order valence-corrected chi connectivity index (χ0v) is 22.3. The lowest BCUT2D eigenvalue weighted by Gasteiger charge is -2.45. The first-order chi connectivity index (χ1) is 19.1. The van der Waals surface area contributed by atoms with E-state index in [2.05, 4.69) is 22.9 Å². The maximum atomic E-state index is 13.6. The second-order valence-corrected chi connectivity index (χ2v) is 11.1. The number of halogens is 3. The molecule has 0 bridgehead atoms. The molecule has 0 spiro atoms. The smallest absolute Gasteiger partial charge is 0.416 e. The Labute approximate surface area is 230 Å². The summed E-state index contributed by atoms with van der Waals surface area (Å²) < 4.78 is 58.6. The Hall–Kier alpha value is -2.92. The van der Waals surface area contributed by atoms with Gasteiger partial charge in [-0.25, -0.2) is 0 Å². The highest BCUT2D eigenvalue weighted by Crippen LogP contribution is 2.69. The monoisotopic (exact) mass is 558 g/mol. The Kier molecular flexibility index (Phi) is 6.72. The first kappa shape index (κ1) is 27.3. The number of aliphatic hydroxyl groups excluding tert-OH is 1. The third-order valence-electron chi connectivity index (χ3n) is 9.17. The van der Waals surface area contributed by atoms with Crippen LogP contribution in [0, 0.1) is 23.7 Å². The van der Waals surface area contributed by atoms with Crippen LogP contribution < -0.4 is 9.47 Å². The Morgan fingerprint density at radius 1 is 1.10 bits per heavy atom. The minimum Gasteiger partial charge on any atom is -0.495 e. The molecule has 1 saturated carbocycles. The molecular formula is C30H33F3N2O5.